The van der Waals surface area contributed by atoms with Gasteiger partial charge in [-0.15, -0.1) is 0 Å². The minimum absolute atomic E-state index is 0.115. The van der Waals surface area contributed by atoms with Gasteiger partial charge >= 0.3 is 0 Å². The topological polar surface area (TPSA) is 81.3 Å². The van der Waals surface area contributed by atoms with Crippen LogP contribution < -0.4 is 17.2 Å². The van der Waals surface area contributed by atoms with Crippen LogP contribution in [0, 0.1) is 0 Å². The second kappa shape index (κ2) is 7.36. The van der Waals surface area contributed by atoms with Crippen molar-refractivity contribution in [2.24, 2.45) is 17.2 Å². The highest BCUT2D eigenvalue weighted by atomic mass is 32.1. The molecular weight excluding hydrogens is 264 g/mol. The molecule has 2 atom stereocenters. The summed E-state index contributed by atoms with van der Waals surface area (Å²) in [5.74, 6) is 0. The molecule has 0 rings (SSSR count). The normalized spacial score (nSPS) is 17.0. The van der Waals surface area contributed by atoms with Gasteiger partial charge in [-0.25, -0.2) is 0 Å². The zero-order valence-electron chi connectivity index (χ0n) is 12.1. The number of thiol groups is 2. The predicted molar refractivity (Wildman–Crippen MR) is 87.6 cm³/mol. The van der Waals surface area contributed by atoms with Gasteiger partial charge in [0.1, 0.15) is 0 Å². The highest BCUT2D eigenvalue weighted by Gasteiger charge is 2.38. The average Bonchev–Trinajstić information content (AvgIpc) is 2.15. The Bertz CT molecular complexity index is 213. The predicted octanol–water partition coefficient (Wildman–Crippen LogP) is 0.319. The van der Waals surface area contributed by atoms with Gasteiger partial charge in [0.05, 0.1) is 0 Å². The van der Waals surface area contributed by atoms with Crippen molar-refractivity contribution in [1.29, 1.82) is 0 Å². The molecule has 4 nitrogen and oxygen atoms in total. The van der Waals surface area contributed by atoms with E-state index in [1.807, 2.05) is 0 Å². The Morgan fingerprint density at radius 1 is 0.889 bits per heavy atom. The van der Waals surface area contributed by atoms with Gasteiger partial charge in [-0.2, -0.15) is 25.3 Å². The summed E-state index contributed by atoms with van der Waals surface area (Å²) in [6, 6.07) is 0.230. The quantitative estimate of drug-likeness (QED) is 0.418. The second-order valence-corrected chi connectivity index (χ2v) is 8.14. The molecule has 0 aliphatic heterocycles. The SMILES string of the molecule is CC(C)(S)C(CN)N(CCN)C(CN)C(C)(C)S. The second-order valence-electron chi connectivity index (χ2n) is 5.84. The van der Waals surface area contributed by atoms with Crippen LogP contribution in [0.4, 0.5) is 0 Å². The number of nitrogens with two attached hydrogens (primary N) is 3. The third-order valence-electron chi connectivity index (χ3n) is 3.27. The maximum atomic E-state index is 5.93. The molecule has 0 radical (unpaired) electrons. The molecule has 6 N–H and O–H groups in total. The molecule has 2 unspecified atom stereocenters. The fourth-order valence-corrected chi connectivity index (χ4v) is 2.84. The number of nitrogens with zero attached hydrogens (tertiary/aromatic N) is 1. The third-order valence-corrected chi connectivity index (χ3v) is 3.86. The molecule has 110 valence electrons. The van der Waals surface area contributed by atoms with E-state index in [0.29, 0.717) is 19.6 Å². The van der Waals surface area contributed by atoms with E-state index in [4.69, 9.17) is 17.2 Å². The Morgan fingerprint density at radius 3 is 1.39 bits per heavy atom. The lowest BCUT2D eigenvalue weighted by molar-refractivity contribution is 0.106. The zero-order chi connectivity index (χ0) is 14.6. The maximum absolute atomic E-state index is 5.93. The molecule has 0 aromatic heterocycles. The van der Waals surface area contributed by atoms with Crippen LogP contribution in [0.2, 0.25) is 0 Å². The summed E-state index contributed by atoms with van der Waals surface area (Å²) < 4.78 is -0.424. The molecule has 0 saturated heterocycles. The van der Waals surface area contributed by atoms with E-state index >= 15 is 0 Å². The lowest BCUT2D eigenvalue weighted by Gasteiger charge is -2.47. The van der Waals surface area contributed by atoms with Gasteiger partial charge in [0.15, 0.2) is 0 Å². The molecular formula is C12H30N4S2. The molecule has 0 heterocycles. The maximum Gasteiger partial charge on any atom is 0.0362 e. The van der Waals surface area contributed by atoms with E-state index in [-0.39, 0.29) is 21.6 Å². The fourth-order valence-electron chi connectivity index (χ4n) is 2.34. The van der Waals surface area contributed by atoms with Crippen molar-refractivity contribution in [2.75, 3.05) is 26.2 Å². The van der Waals surface area contributed by atoms with Crippen LogP contribution in [-0.2, 0) is 0 Å². The summed E-state index contributed by atoms with van der Waals surface area (Å²) in [6.45, 7) is 10.6. The molecule has 0 aliphatic carbocycles. The van der Waals surface area contributed by atoms with Gasteiger partial charge in [0.2, 0.25) is 0 Å². The average molecular weight is 295 g/mol. The van der Waals surface area contributed by atoms with Crippen LogP contribution in [0.15, 0.2) is 0 Å². The highest BCUT2D eigenvalue weighted by Crippen LogP contribution is 2.29. The van der Waals surface area contributed by atoms with Gasteiger partial charge in [-0.3, -0.25) is 4.90 Å². The lowest BCUT2D eigenvalue weighted by Crippen LogP contribution is -2.62. The van der Waals surface area contributed by atoms with Gasteiger partial charge in [-0.1, -0.05) is 0 Å². The lowest BCUT2D eigenvalue weighted by atomic mass is 9.94. The monoisotopic (exact) mass is 294 g/mol. The van der Waals surface area contributed by atoms with Crippen molar-refractivity contribution < 1.29 is 0 Å². The Labute approximate surface area is 123 Å². The highest BCUT2D eigenvalue weighted by molar-refractivity contribution is 7.82. The van der Waals surface area contributed by atoms with Crippen LogP contribution in [-0.4, -0.2) is 52.7 Å². The van der Waals surface area contributed by atoms with Crippen LogP contribution in [0.3, 0.4) is 0 Å². The van der Waals surface area contributed by atoms with Gasteiger partial charge in [0.25, 0.3) is 0 Å². The first kappa shape index (κ1) is 18.5. The first-order chi connectivity index (χ1) is 8.09. The minimum atomic E-state index is -0.212. The molecule has 0 aromatic carbocycles. The molecule has 0 amide bonds. The Morgan fingerprint density at radius 2 is 1.22 bits per heavy atom. The van der Waals surface area contributed by atoms with Gasteiger partial charge in [0, 0.05) is 47.8 Å². The first-order valence-corrected chi connectivity index (χ1v) is 7.29. The molecule has 18 heavy (non-hydrogen) atoms. The van der Waals surface area contributed by atoms with Crippen LogP contribution in [0.25, 0.3) is 0 Å². The Balaban J connectivity index is 5.25. The summed E-state index contributed by atoms with van der Waals surface area (Å²) in [6.07, 6.45) is 0. The van der Waals surface area contributed by atoms with Crippen LogP contribution >= 0.6 is 25.3 Å². The summed E-state index contributed by atoms with van der Waals surface area (Å²) >= 11 is 9.33. The summed E-state index contributed by atoms with van der Waals surface area (Å²) in [5, 5.41) is 0. The summed E-state index contributed by atoms with van der Waals surface area (Å²) in [5.41, 5.74) is 17.6. The largest absolute Gasteiger partial charge is 0.329 e. The standard InChI is InChI=1S/C12H30N4S2/c1-11(2,17)9(7-14)16(6-5-13)10(8-15)12(3,4)18/h9-10,17-18H,5-8,13-15H2,1-4H3. The van der Waals surface area contributed by atoms with Crippen molar-refractivity contribution in [1.82, 2.24) is 4.90 Å². The Hall–Kier alpha value is 0.540. The number of hydrogen-bond donors (Lipinski definition) is 5. The molecule has 0 aliphatic rings. The summed E-state index contributed by atoms with van der Waals surface area (Å²) in [4.78, 5) is 2.26. The fraction of sp³-hybridized carbons (Fsp3) is 1.00. The van der Waals surface area contributed by atoms with E-state index < -0.39 is 0 Å². The summed E-state index contributed by atoms with van der Waals surface area (Å²) in [7, 11) is 0. The van der Waals surface area contributed by atoms with Gasteiger partial charge < -0.3 is 17.2 Å². The molecule has 0 spiro atoms. The Kier molecular flexibility index (Phi) is 7.58. The minimum Gasteiger partial charge on any atom is -0.329 e. The molecule has 6 heteroatoms. The molecule has 0 bridgehead atoms. The van der Waals surface area contributed by atoms with E-state index in [2.05, 4.69) is 57.9 Å². The smallest absolute Gasteiger partial charge is 0.0362 e. The molecule has 0 fully saturated rings. The van der Waals surface area contributed by atoms with Crippen molar-refractivity contribution in [3.8, 4) is 0 Å². The molecule has 0 saturated carbocycles. The zero-order valence-corrected chi connectivity index (χ0v) is 13.8. The van der Waals surface area contributed by atoms with Crippen molar-refractivity contribution in [3.05, 3.63) is 0 Å². The molecule has 0 aromatic rings. The van der Waals surface area contributed by atoms with Gasteiger partial charge in [-0.05, 0) is 27.7 Å². The third kappa shape index (κ3) is 5.27. The van der Waals surface area contributed by atoms with E-state index in [1.54, 1.807) is 0 Å². The van der Waals surface area contributed by atoms with E-state index in [1.165, 1.54) is 0 Å². The number of rotatable bonds is 8. The number of hydrogen-bond acceptors (Lipinski definition) is 6. The van der Waals surface area contributed by atoms with Crippen molar-refractivity contribution >= 4 is 25.3 Å². The van der Waals surface area contributed by atoms with Crippen LogP contribution in [0.5, 0.6) is 0 Å². The van der Waals surface area contributed by atoms with Crippen molar-refractivity contribution in [2.45, 2.75) is 49.3 Å². The van der Waals surface area contributed by atoms with Crippen molar-refractivity contribution in [3.63, 3.8) is 0 Å². The van der Waals surface area contributed by atoms with Crippen LogP contribution in [0.1, 0.15) is 27.7 Å². The van der Waals surface area contributed by atoms with E-state index in [0.717, 1.165) is 6.54 Å². The first-order valence-electron chi connectivity index (χ1n) is 6.40. The van der Waals surface area contributed by atoms with E-state index in [9.17, 15) is 0 Å².